The molecule has 0 radical (unpaired) electrons. The van der Waals surface area contributed by atoms with Gasteiger partial charge in [-0.2, -0.15) is 4.39 Å². The predicted molar refractivity (Wildman–Crippen MR) is 118 cm³/mol. The summed E-state index contributed by atoms with van der Waals surface area (Å²) in [4.78, 5) is 21.9. The van der Waals surface area contributed by atoms with Gasteiger partial charge in [-0.1, -0.05) is 0 Å². The van der Waals surface area contributed by atoms with Gasteiger partial charge in [-0.05, 0) is 51.2 Å². The van der Waals surface area contributed by atoms with Crippen LogP contribution >= 0.6 is 0 Å². The van der Waals surface area contributed by atoms with Crippen LogP contribution in [0.2, 0.25) is 0 Å². The molecule has 0 atom stereocenters. The van der Waals surface area contributed by atoms with E-state index in [1.54, 1.807) is 28.9 Å². The average Bonchev–Trinajstić information content (AvgIpc) is 3.43. The lowest BCUT2D eigenvalue weighted by atomic mass is 9.62. The molecule has 7 rings (SSSR count). The summed E-state index contributed by atoms with van der Waals surface area (Å²) in [6.45, 7) is 2.71. The van der Waals surface area contributed by atoms with Crippen molar-refractivity contribution in [2.45, 2.75) is 62.6 Å². The van der Waals surface area contributed by atoms with Crippen molar-refractivity contribution >= 4 is 11.4 Å². The Morgan fingerprint density at radius 3 is 2.82 bits per heavy atom. The number of Topliss-reactive ketones (excluding diaryl/α,β-unsaturated/α-hetero) is 1. The van der Waals surface area contributed by atoms with Gasteiger partial charge in [0.05, 0.1) is 36.7 Å². The van der Waals surface area contributed by atoms with E-state index in [-0.39, 0.29) is 46.6 Å². The zero-order chi connectivity index (χ0) is 22.8. The zero-order valence-corrected chi connectivity index (χ0v) is 18.8. The van der Waals surface area contributed by atoms with Gasteiger partial charge in [-0.25, -0.2) is 9.97 Å². The predicted octanol–water partition coefficient (Wildman–Crippen LogP) is 4.05. The van der Waals surface area contributed by atoms with Crippen LogP contribution in [-0.4, -0.2) is 45.6 Å². The first kappa shape index (κ1) is 20.6. The van der Waals surface area contributed by atoms with E-state index >= 15 is 4.39 Å². The lowest BCUT2D eigenvalue weighted by molar-refractivity contribution is 0.0154. The topological polar surface area (TPSA) is 75.0 Å². The maximum Gasteiger partial charge on any atom is 0.224 e. The second-order valence-corrected chi connectivity index (χ2v) is 9.86. The van der Waals surface area contributed by atoms with E-state index in [2.05, 4.69) is 16.9 Å². The number of methoxy groups -OCH3 is 1. The van der Waals surface area contributed by atoms with E-state index in [0.717, 1.165) is 37.8 Å². The number of carbonyl (C=O) groups is 1. The molecule has 0 N–H and O–H groups in total. The number of carbonyl (C=O) groups excluding carboxylic acids is 1. The van der Waals surface area contributed by atoms with Crippen molar-refractivity contribution in [3.05, 3.63) is 53.4 Å². The molecule has 7 nitrogen and oxygen atoms in total. The molecule has 3 aromatic rings. The Balaban J connectivity index is 1.40. The van der Waals surface area contributed by atoms with Gasteiger partial charge in [0.2, 0.25) is 11.7 Å². The molecule has 3 aromatic heterocycles. The lowest BCUT2D eigenvalue weighted by Gasteiger charge is -2.41. The number of fused-ring (bicyclic) bond motifs is 2. The summed E-state index contributed by atoms with van der Waals surface area (Å²) in [5.41, 5.74) is 1.67. The minimum Gasteiger partial charge on any atom is -0.487 e. The number of aromatic nitrogens is 3. The van der Waals surface area contributed by atoms with Crippen LogP contribution in [0.25, 0.3) is 5.65 Å². The summed E-state index contributed by atoms with van der Waals surface area (Å²) in [7, 11) is 1.47. The van der Waals surface area contributed by atoms with E-state index in [1.807, 2.05) is 6.20 Å². The van der Waals surface area contributed by atoms with E-state index in [1.165, 1.54) is 7.11 Å². The van der Waals surface area contributed by atoms with Gasteiger partial charge in [-0.15, -0.1) is 0 Å². The maximum atomic E-state index is 15.8. The molecule has 2 aliphatic carbocycles. The van der Waals surface area contributed by atoms with Crippen molar-refractivity contribution in [2.24, 2.45) is 0 Å². The molecule has 172 valence electrons. The van der Waals surface area contributed by atoms with Crippen molar-refractivity contribution in [3.63, 3.8) is 0 Å². The van der Waals surface area contributed by atoms with Crippen LogP contribution in [0.3, 0.4) is 0 Å². The number of rotatable bonds is 7. The number of ether oxygens (including phenoxy) is 3. The van der Waals surface area contributed by atoms with Crippen molar-refractivity contribution in [1.29, 1.82) is 0 Å². The number of ketones is 1. The summed E-state index contributed by atoms with van der Waals surface area (Å²) < 4.78 is 34.7. The van der Waals surface area contributed by atoms with Crippen LogP contribution in [0.4, 0.5) is 4.39 Å². The molecule has 8 heteroatoms. The standard InChI is InChI=1S/C25H26FN3O4/c1-24-12-25(13-24,14-32-24)19-11-29-10-15(9-18(30)17-7-4-8-27-23(17)31-2)21(20(26)22(29)28-19)33-16-5-3-6-16/h4,7-8,10-11,16H,3,5-6,9,12-14H2,1-2H3. The largest absolute Gasteiger partial charge is 0.487 e. The molecule has 5 heterocycles. The van der Waals surface area contributed by atoms with Crippen LogP contribution < -0.4 is 9.47 Å². The quantitative estimate of drug-likeness (QED) is 0.505. The Morgan fingerprint density at radius 1 is 1.33 bits per heavy atom. The van der Waals surface area contributed by atoms with Gasteiger partial charge >= 0.3 is 0 Å². The monoisotopic (exact) mass is 451 g/mol. The van der Waals surface area contributed by atoms with Crippen molar-refractivity contribution in [2.75, 3.05) is 13.7 Å². The lowest BCUT2D eigenvalue weighted by Crippen LogP contribution is -2.45. The molecule has 4 aliphatic rings. The number of nitrogens with zero attached hydrogens (tertiary/aromatic N) is 3. The Morgan fingerprint density at radius 2 is 2.15 bits per heavy atom. The fourth-order valence-corrected chi connectivity index (χ4v) is 5.47. The summed E-state index contributed by atoms with van der Waals surface area (Å²) in [5, 5.41) is 0. The molecule has 2 aliphatic heterocycles. The SMILES string of the molecule is COc1ncccc1C(=O)Cc1cn2cc(C34COC(C)(C3)C4)nc2c(F)c1OC1CCC1. The molecule has 0 spiro atoms. The first-order chi connectivity index (χ1) is 15.9. The van der Waals surface area contributed by atoms with Crippen molar-refractivity contribution in [3.8, 4) is 11.6 Å². The minimum absolute atomic E-state index is 0.0309. The highest BCUT2D eigenvalue weighted by Crippen LogP contribution is 2.58. The van der Waals surface area contributed by atoms with Crippen LogP contribution in [0, 0.1) is 5.82 Å². The Hall–Kier alpha value is -3.00. The fourth-order valence-electron chi connectivity index (χ4n) is 5.47. The van der Waals surface area contributed by atoms with Gasteiger partial charge in [0.1, 0.15) is 0 Å². The second kappa shape index (κ2) is 7.25. The average molecular weight is 451 g/mol. The van der Waals surface area contributed by atoms with Crippen LogP contribution in [0.1, 0.15) is 60.6 Å². The van der Waals surface area contributed by atoms with Crippen molar-refractivity contribution < 1.29 is 23.4 Å². The third-order valence-electron chi connectivity index (χ3n) is 7.33. The summed E-state index contributed by atoms with van der Waals surface area (Å²) in [6.07, 6.45) is 9.75. The number of imidazole rings is 1. The Kier molecular flexibility index (Phi) is 4.52. The van der Waals surface area contributed by atoms with Crippen LogP contribution in [0.15, 0.2) is 30.7 Å². The highest BCUT2D eigenvalue weighted by molar-refractivity contribution is 5.99. The molecule has 2 saturated carbocycles. The fraction of sp³-hybridized carbons (Fsp3) is 0.480. The maximum absolute atomic E-state index is 15.8. The molecule has 0 amide bonds. The highest BCUT2D eigenvalue weighted by atomic mass is 19.1. The molecular weight excluding hydrogens is 425 g/mol. The Bertz CT molecular complexity index is 1260. The summed E-state index contributed by atoms with van der Waals surface area (Å²) in [6, 6.07) is 3.35. The van der Waals surface area contributed by atoms with Gasteiger partial charge in [0.15, 0.2) is 17.2 Å². The van der Waals surface area contributed by atoms with E-state index < -0.39 is 5.82 Å². The number of hydrogen-bond acceptors (Lipinski definition) is 6. The van der Waals surface area contributed by atoms with Gasteiger partial charge in [0, 0.05) is 36.0 Å². The molecule has 4 fully saturated rings. The van der Waals surface area contributed by atoms with Gasteiger partial charge in [0.25, 0.3) is 0 Å². The second-order valence-electron chi connectivity index (χ2n) is 9.86. The first-order valence-electron chi connectivity index (χ1n) is 11.4. The van der Waals surface area contributed by atoms with Crippen LogP contribution in [0.5, 0.6) is 11.6 Å². The van der Waals surface area contributed by atoms with Crippen LogP contribution in [-0.2, 0) is 16.6 Å². The third-order valence-corrected chi connectivity index (χ3v) is 7.33. The molecular formula is C25H26FN3O4. The minimum atomic E-state index is -0.519. The summed E-state index contributed by atoms with van der Waals surface area (Å²) >= 11 is 0. The smallest absolute Gasteiger partial charge is 0.224 e. The molecule has 2 bridgehead atoms. The van der Waals surface area contributed by atoms with Gasteiger partial charge in [-0.3, -0.25) is 4.79 Å². The summed E-state index contributed by atoms with van der Waals surface area (Å²) in [5.74, 6) is -0.355. The van der Waals surface area contributed by atoms with Gasteiger partial charge < -0.3 is 18.6 Å². The highest BCUT2D eigenvalue weighted by Gasteiger charge is 2.61. The zero-order valence-electron chi connectivity index (χ0n) is 18.8. The number of pyridine rings is 2. The molecule has 2 saturated heterocycles. The molecule has 0 aromatic carbocycles. The van der Waals surface area contributed by atoms with E-state index in [0.29, 0.717) is 17.7 Å². The number of halogens is 1. The Labute approximate surface area is 190 Å². The first-order valence-corrected chi connectivity index (χ1v) is 11.4. The number of hydrogen-bond donors (Lipinski definition) is 0. The van der Waals surface area contributed by atoms with E-state index in [9.17, 15) is 4.79 Å². The van der Waals surface area contributed by atoms with Crippen molar-refractivity contribution in [1.82, 2.24) is 14.4 Å². The molecule has 0 unspecified atom stereocenters. The third kappa shape index (κ3) is 3.22. The normalized spacial score (nSPS) is 26.2. The molecule has 33 heavy (non-hydrogen) atoms. The van der Waals surface area contributed by atoms with E-state index in [4.69, 9.17) is 14.2 Å².